The van der Waals surface area contributed by atoms with E-state index in [0.29, 0.717) is 11.5 Å². The Morgan fingerprint density at radius 3 is 2.73 bits per heavy atom. The fraction of sp³-hybridized carbons (Fsp3) is 1.00. The van der Waals surface area contributed by atoms with E-state index in [0.717, 1.165) is 19.6 Å². The van der Waals surface area contributed by atoms with Crippen LogP contribution in [0.2, 0.25) is 0 Å². The van der Waals surface area contributed by atoms with E-state index in [1.165, 1.54) is 6.42 Å². The molecule has 0 aromatic heterocycles. The number of nitrogens with zero attached hydrogens (tertiary/aromatic N) is 1. The first kappa shape index (κ1) is 12.9. The van der Waals surface area contributed by atoms with Gasteiger partial charge in [0.25, 0.3) is 0 Å². The van der Waals surface area contributed by atoms with Crippen LogP contribution in [0.3, 0.4) is 0 Å². The Morgan fingerprint density at radius 2 is 2.20 bits per heavy atom. The van der Waals surface area contributed by atoms with Crippen molar-refractivity contribution in [3.63, 3.8) is 0 Å². The van der Waals surface area contributed by atoms with Crippen LogP contribution in [-0.2, 0) is 0 Å². The Balaban J connectivity index is 2.67. The second kappa shape index (κ2) is 5.28. The normalized spacial score (nSPS) is 29.8. The lowest BCUT2D eigenvalue weighted by molar-refractivity contribution is 0.140. The summed E-state index contributed by atoms with van der Waals surface area (Å²) < 4.78 is 0. The molecule has 1 fully saturated rings. The summed E-state index contributed by atoms with van der Waals surface area (Å²) in [6, 6.07) is 0.846. The molecule has 1 heterocycles. The molecule has 90 valence electrons. The minimum absolute atomic E-state index is 0.237. The van der Waals surface area contributed by atoms with Gasteiger partial charge in [0.2, 0.25) is 0 Å². The van der Waals surface area contributed by atoms with Crippen LogP contribution in [0.25, 0.3) is 0 Å². The first-order chi connectivity index (χ1) is 6.98. The van der Waals surface area contributed by atoms with Crippen molar-refractivity contribution in [3.8, 4) is 0 Å². The summed E-state index contributed by atoms with van der Waals surface area (Å²) in [7, 11) is 0. The molecule has 3 nitrogen and oxygen atoms in total. The van der Waals surface area contributed by atoms with Gasteiger partial charge in [-0.15, -0.1) is 0 Å². The Kier molecular flexibility index (Phi) is 4.56. The van der Waals surface area contributed by atoms with Crippen LogP contribution in [0.4, 0.5) is 0 Å². The molecule has 1 rings (SSSR count). The molecule has 1 aliphatic heterocycles. The molecule has 2 N–H and O–H groups in total. The third-order valence-electron chi connectivity index (χ3n) is 3.39. The van der Waals surface area contributed by atoms with Gasteiger partial charge < -0.3 is 10.4 Å². The summed E-state index contributed by atoms with van der Waals surface area (Å²) in [6.45, 7) is 12.4. The van der Waals surface area contributed by atoms with Crippen LogP contribution in [0.15, 0.2) is 0 Å². The van der Waals surface area contributed by atoms with Crippen LogP contribution in [0.1, 0.15) is 34.1 Å². The lowest BCUT2D eigenvalue weighted by Crippen LogP contribution is -2.43. The summed E-state index contributed by atoms with van der Waals surface area (Å²) in [5, 5.41) is 12.7. The van der Waals surface area contributed by atoms with E-state index in [4.69, 9.17) is 0 Å². The molecule has 0 aromatic rings. The molecule has 3 heteroatoms. The first-order valence-corrected chi connectivity index (χ1v) is 6.07. The standard InChI is InChI=1S/C12H26N2O/c1-5-10(2)14-6-11(7-15)13-8-12(3,4)9-14/h10-11,13,15H,5-9H2,1-4H3. The number of aliphatic hydroxyl groups is 1. The number of aliphatic hydroxyl groups excluding tert-OH is 1. The van der Waals surface area contributed by atoms with Crippen molar-refractivity contribution in [2.24, 2.45) is 5.41 Å². The number of hydrogen-bond acceptors (Lipinski definition) is 3. The Hall–Kier alpha value is -0.120. The minimum Gasteiger partial charge on any atom is -0.395 e. The van der Waals surface area contributed by atoms with Crippen molar-refractivity contribution in [1.29, 1.82) is 0 Å². The zero-order valence-electron chi connectivity index (χ0n) is 10.6. The summed E-state index contributed by atoms with van der Waals surface area (Å²) >= 11 is 0. The van der Waals surface area contributed by atoms with Gasteiger partial charge in [-0.05, 0) is 18.8 Å². The van der Waals surface area contributed by atoms with Gasteiger partial charge in [-0.2, -0.15) is 0 Å². The SMILES string of the molecule is CCC(C)N1CC(CO)NCC(C)(C)C1. The highest BCUT2D eigenvalue weighted by atomic mass is 16.3. The van der Waals surface area contributed by atoms with Crippen molar-refractivity contribution in [2.45, 2.75) is 46.2 Å². The zero-order valence-corrected chi connectivity index (χ0v) is 10.6. The Bertz CT molecular complexity index is 194. The van der Waals surface area contributed by atoms with E-state index in [-0.39, 0.29) is 12.6 Å². The van der Waals surface area contributed by atoms with Gasteiger partial charge in [0.15, 0.2) is 0 Å². The molecule has 0 radical (unpaired) electrons. The van der Waals surface area contributed by atoms with E-state index in [9.17, 15) is 5.11 Å². The van der Waals surface area contributed by atoms with Gasteiger partial charge in [0, 0.05) is 31.7 Å². The molecule has 1 aliphatic rings. The number of hydrogen-bond donors (Lipinski definition) is 2. The molecular weight excluding hydrogens is 188 g/mol. The third-order valence-corrected chi connectivity index (χ3v) is 3.39. The molecule has 2 unspecified atom stereocenters. The van der Waals surface area contributed by atoms with Gasteiger partial charge >= 0.3 is 0 Å². The van der Waals surface area contributed by atoms with E-state index >= 15 is 0 Å². The fourth-order valence-corrected chi connectivity index (χ4v) is 2.15. The van der Waals surface area contributed by atoms with Crippen LogP contribution < -0.4 is 5.32 Å². The lowest BCUT2D eigenvalue weighted by Gasteiger charge is -2.33. The average Bonchev–Trinajstić information content (AvgIpc) is 2.35. The summed E-state index contributed by atoms with van der Waals surface area (Å²) in [5.41, 5.74) is 0.299. The van der Waals surface area contributed by atoms with Gasteiger partial charge in [0.1, 0.15) is 0 Å². The van der Waals surface area contributed by atoms with E-state index in [2.05, 4.69) is 37.9 Å². The number of nitrogens with one attached hydrogen (secondary N) is 1. The second-order valence-electron chi connectivity index (χ2n) is 5.61. The maximum atomic E-state index is 9.27. The van der Waals surface area contributed by atoms with Crippen molar-refractivity contribution < 1.29 is 5.11 Å². The molecule has 1 saturated heterocycles. The maximum absolute atomic E-state index is 9.27. The lowest BCUT2D eigenvalue weighted by atomic mass is 9.92. The van der Waals surface area contributed by atoms with Crippen molar-refractivity contribution in [2.75, 3.05) is 26.2 Å². The summed E-state index contributed by atoms with van der Waals surface area (Å²) in [4.78, 5) is 2.50. The largest absolute Gasteiger partial charge is 0.395 e. The summed E-state index contributed by atoms with van der Waals surface area (Å²) in [6.07, 6.45) is 1.17. The minimum atomic E-state index is 0.237. The molecule has 2 atom stereocenters. The fourth-order valence-electron chi connectivity index (χ4n) is 2.15. The molecular formula is C12H26N2O. The maximum Gasteiger partial charge on any atom is 0.0597 e. The average molecular weight is 214 g/mol. The van der Waals surface area contributed by atoms with Crippen molar-refractivity contribution >= 4 is 0 Å². The van der Waals surface area contributed by atoms with Crippen LogP contribution in [-0.4, -0.2) is 48.3 Å². The number of rotatable bonds is 3. The molecule has 0 aliphatic carbocycles. The molecule has 0 spiro atoms. The van der Waals surface area contributed by atoms with Crippen molar-refractivity contribution in [3.05, 3.63) is 0 Å². The molecule has 0 saturated carbocycles. The highest BCUT2D eigenvalue weighted by molar-refractivity contribution is 4.87. The van der Waals surface area contributed by atoms with Gasteiger partial charge in [-0.25, -0.2) is 0 Å². The zero-order chi connectivity index (χ0) is 11.5. The first-order valence-electron chi connectivity index (χ1n) is 6.07. The van der Waals surface area contributed by atoms with E-state index < -0.39 is 0 Å². The van der Waals surface area contributed by atoms with Crippen LogP contribution in [0.5, 0.6) is 0 Å². The van der Waals surface area contributed by atoms with Gasteiger partial charge in [0.05, 0.1) is 6.61 Å². The quantitative estimate of drug-likeness (QED) is 0.738. The predicted molar refractivity (Wildman–Crippen MR) is 64.0 cm³/mol. The smallest absolute Gasteiger partial charge is 0.0597 e. The highest BCUT2D eigenvalue weighted by Crippen LogP contribution is 2.21. The summed E-state index contributed by atoms with van der Waals surface area (Å²) in [5.74, 6) is 0. The van der Waals surface area contributed by atoms with Crippen LogP contribution in [0, 0.1) is 5.41 Å². The monoisotopic (exact) mass is 214 g/mol. The second-order valence-corrected chi connectivity index (χ2v) is 5.61. The van der Waals surface area contributed by atoms with E-state index in [1.807, 2.05) is 0 Å². The molecule has 0 amide bonds. The van der Waals surface area contributed by atoms with Gasteiger partial charge in [-0.1, -0.05) is 20.8 Å². The van der Waals surface area contributed by atoms with Crippen molar-refractivity contribution in [1.82, 2.24) is 10.2 Å². The Labute approximate surface area is 93.9 Å². The van der Waals surface area contributed by atoms with E-state index in [1.54, 1.807) is 0 Å². The molecule has 15 heavy (non-hydrogen) atoms. The molecule has 0 bridgehead atoms. The Morgan fingerprint density at radius 1 is 1.53 bits per heavy atom. The predicted octanol–water partition coefficient (Wildman–Crippen LogP) is 1.08. The highest BCUT2D eigenvalue weighted by Gasteiger charge is 2.30. The third kappa shape index (κ3) is 3.74. The van der Waals surface area contributed by atoms with Gasteiger partial charge in [-0.3, -0.25) is 4.90 Å². The topological polar surface area (TPSA) is 35.5 Å². The molecule has 0 aromatic carbocycles. The van der Waals surface area contributed by atoms with Crippen LogP contribution >= 0.6 is 0 Å².